The number of hydrogen-bond donors (Lipinski definition) is 0. The molecule has 0 N–H and O–H groups in total. The van der Waals surface area contributed by atoms with E-state index in [0.29, 0.717) is 0 Å². The average Bonchev–Trinajstić information content (AvgIpc) is 1.90. The minimum Gasteiger partial charge on any atom is -0.0925 e. The van der Waals surface area contributed by atoms with Crippen molar-refractivity contribution < 1.29 is 0 Å². The van der Waals surface area contributed by atoms with E-state index in [1.165, 1.54) is 24.6 Å². The van der Waals surface area contributed by atoms with Gasteiger partial charge in [-0.1, -0.05) is 28.1 Å². The van der Waals surface area contributed by atoms with Crippen molar-refractivity contribution in [1.82, 2.24) is 0 Å². The van der Waals surface area contributed by atoms with Crippen molar-refractivity contribution in [2.45, 2.75) is 19.3 Å². The molecular weight excluding hydrogens is 164 g/mol. The Morgan fingerprint density at radius 2 is 2.38 bits per heavy atom. The number of halogens is 1. The quantitative estimate of drug-likeness (QED) is 0.424. The van der Waals surface area contributed by atoms with Gasteiger partial charge in [0.25, 0.3) is 0 Å². The van der Waals surface area contributed by atoms with Crippen LogP contribution in [0.15, 0.2) is 12.2 Å². The fourth-order valence-corrected chi connectivity index (χ4v) is 1.58. The van der Waals surface area contributed by atoms with Gasteiger partial charge < -0.3 is 0 Å². The topological polar surface area (TPSA) is 0 Å². The molecule has 0 aromatic heterocycles. The summed E-state index contributed by atoms with van der Waals surface area (Å²) in [5.41, 5.74) is 0. The fourth-order valence-electron chi connectivity index (χ4n) is 0.996. The predicted octanol–water partition coefficient (Wildman–Crippen LogP) is 2.74. The number of hydrogen-bond acceptors (Lipinski definition) is 0. The molecule has 0 aliphatic heterocycles. The minimum atomic E-state index is 0.917. The number of alkyl halides is 1. The van der Waals surface area contributed by atoms with Crippen molar-refractivity contribution in [3.8, 4) is 0 Å². The van der Waals surface area contributed by atoms with E-state index in [0.717, 1.165) is 5.92 Å². The van der Waals surface area contributed by atoms with E-state index in [1.54, 1.807) is 0 Å². The van der Waals surface area contributed by atoms with Crippen LogP contribution in [0.2, 0.25) is 0 Å². The van der Waals surface area contributed by atoms with Crippen molar-refractivity contribution >= 4 is 15.9 Å². The Morgan fingerprint density at radius 1 is 1.50 bits per heavy atom. The molecule has 0 nitrogen and oxygen atoms in total. The second-order valence-corrected chi connectivity index (χ2v) is 2.95. The average molecular weight is 175 g/mol. The van der Waals surface area contributed by atoms with E-state index in [9.17, 15) is 0 Å². The van der Waals surface area contributed by atoms with Crippen molar-refractivity contribution in [2.24, 2.45) is 5.92 Å². The third-order valence-corrected chi connectivity index (χ3v) is 2.51. The van der Waals surface area contributed by atoms with Crippen LogP contribution in [-0.2, 0) is 0 Å². The third kappa shape index (κ3) is 1.62. The lowest BCUT2D eigenvalue weighted by molar-refractivity contribution is 0.539. The molecule has 1 rings (SSSR count). The Morgan fingerprint density at radius 3 is 2.75 bits per heavy atom. The molecule has 0 spiro atoms. The Hall–Kier alpha value is 0.220. The van der Waals surface area contributed by atoms with Gasteiger partial charge in [0.2, 0.25) is 0 Å². The summed E-state index contributed by atoms with van der Waals surface area (Å²) in [6.45, 7) is 0. The zero-order valence-corrected chi connectivity index (χ0v) is 6.52. The van der Waals surface area contributed by atoms with E-state index >= 15 is 0 Å². The monoisotopic (exact) mass is 174 g/mol. The maximum Gasteiger partial charge on any atom is 0.00627 e. The zero-order valence-electron chi connectivity index (χ0n) is 4.94. The molecule has 0 unspecified atom stereocenters. The summed E-state index contributed by atoms with van der Waals surface area (Å²) in [6, 6.07) is 0. The Balaban J connectivity index is 2.27. The predicted molar refractivity (Wildman–Crippen MR) is 40.3 cm³/mol. The van der Waals surface area contributed by atoms with Gasteiger partial charge in [0.1, 0.15) is 0 Å². The van der Waals surface area contributed by atoms with Gasteiger partial charge in [-0.3, -0.25) is 0 Å². The molecule has 0 saturated carbocycles. The summed E-state index contributed by atoms with van der Waals surface area (Å²) in [6.07, 6.45) is 8.51. The number of rotatable bonds is 1. The summed E-state index contributed by atoms with van der Waals surface area (Å²) in [5, 5.41) is 1.18. The molecular formula is C7H11Br. The molecule has 8 heavy (non-hydrogen) atoms. The van der Waals surface area contributed by atoms with Crippen molar-refractivity contribution in [2.75, 3.05) is 5.33 Å². The molecule has 0 saturated heterocycles. The minimum absolute atomic E-state index is 0.917. The van der Waals surface area contributed by atoms with Gasteiger partial charge in [-0.15, -0.1) is 0 Å². The van der Waals surface area contributed by atoms with Gasteiger partial charge in [-0.2, -0.15) is 0 Å². The summed E-state index contributed by atoms with van der Waals surface area (Å²) in [4.78, 5) is 0. The maximum atomic E-state index is 3.48. The SMILES string of the molecule is BrC[C@H]1CC=CCC1. The highest BCUT2D eigenvalue weighted by molar-refractivity contribution is 9.09. The van der Waals surface area contributed by atoms with Crippen molar-refractivity contribution in [3.05, 3.63) is 12.2 Å². The summed E-state index contributed by atoms with van der Waals surface area (Å²) in [5.74, 6) is 0.917. The lowest BCUT2D eigenvalue weighted by Gasteiger charge is -2.13. The lowest BCUT2D eigenvalue weighted by atomic mass is 9.97. The van der Waals surface area contributed by atoms with Gasteiger partial charge in [0.05, 0.1) is 0 Å². The molecule has 0 amide bonds. The Bertz CT molecular complexity index is 86.4. The van der Waals surface area contributed by atoms with Crippen LogP contribution in [-0.4, -0.2) is 5.33 Å². The summed E-state index contributed by atoms with van der Waals surface area (Å²) < 4.78 is 0. The van der Waals surface area contributed by atoms with Crippen LogP contribution in [0.4, 0.5) is 0 Å². The standard InChI is InChI=1S/C7H11Br/c8-6-7-4-2-1-3-5-7/h1-2,7H,3-6H2/t7-/m0/s1. The van der Waals surface area contributed by atoms with Crippen LogP contribution >= 0.6 is 15.9 Å². The molecule has 0 radical (unpaired) electrons. The zero-order chi connectivity index (χ0) is 5.82. The van der Waals surface area contributed by atoms with Gasteiger partial charge >= 0.3 is 0 Å². The van der Waals surface area contributed by atoms with E-state index < -0.39 is 0 Å². The molecule has 1 heteroatoms. The molecule has 46 valence electrons. The first-order valence-electron chi connectivity index (χ1n) is 3.14. The molecule has 1 atom stereocenters. The number of allylic oxidation sites excluding steroid dienone is 2. The first-order chi connectivity index (χ1) is 3.93. The fraction of sp³-hybridized carbons (Fsp3) is 0.714. The van der Waals surface area contributed by atoms with Crippen LogP contribution < -0.4 is 0 Å². The smallest absolute Gasteiger partial charge is 0.00627 e. The van der Waals surface area contributed by atoms with Crippen LogP contribution in [0.25, 0.3) is 0 Å². The highest BCUT2D eigenvalue weighted by Crippen LogP contribution is 2.19. The Kier molecular flexibility index (Phi) is 2.60. The highest BCUT2D eigenvalue weighted by Gasteiger charge is 2.05. The van der Waals surface area contributed by atoms with Crippen LogP contribution in [0, 0.1) is 5.92 Å². The van der Waals surface area contributed by atoms with E-state index in [2.05, 4.69) is 28.1 Å². The normalized spacial score (nSPS) is 28.4. The second kappa shape index (κ2) is 3.29. The van der Waals surface area contributed by atoms with E-state index in [4.69, 9.17) is 0 Å². The highest BCUT2D eigenvalue weighted by atomic mass is 79.9. The molecule has 0 fully saturated rings. The summed E-state index contributed by atoms with van der Waals surface area (Å²) in [7, 11) is 0. The first-order valence-corrected chi connectivity index (χ1v) is 4.26. The second-order valence-electron chi connectivity index (χ2n) is 2.30. The van der Waals surface area contributed by atoms with Crippen molar-refractivity contribution in [3.63, 3.8) is 0 Å². The molecule has 1 aliphatic carbocycles. The summed E-state index contributed by atoms with van der Waals surface area (Å²) >= 11 is 3.48. The van der Waals surface area contributed by atoms with Crippen LogP contribution in [0.1, 0.15) is 19.3 Å². The maximum absolute atomic E-state index is 3.48. The van der Waals surface area contributed by atoms with Gasteiger partial charge in [0.15, 0.2) is 0 Å². The molecule has 1 aliphatic rings. The molecule has 0 aromatic carbocycles. The van der Waals surface area contributed by atoms with E-state index in [1.807, 2.05) is 0 Å². The van der Waals surface area contributed by atoms with Crippen LogP contribution in [0.3, 0.4) is 0 Å². The van der Waals surface area contributed by atoms with Crippen molar-refractivity contribution in [1.29, 1.82) is 0 Å². The Labute approximate surface area is 59.1 Å². The molecule has 0 bridgehead atoms. The largest absolute Gasteiger partial charge is 0.0925 e. The first kappa shape index (κ1) is 6.34. The van der Waals surface area contributed by atoms with E-state index in [-0.39, 0.29) is 0 Å². The van der Waals surface area contributed by atoms with Gasteiger partial charge in [-0.05, 0) is 25.2 Å². The lowest BCUT2D eigenvalue weighted by Crippen LogP contribution is -2.02. The van der Waals surface area contributed by atoms with Gasteiger partial charge in [0, 0.05) is 5.33 Å². The van der Waals surface area contributed by atoms with Gasteiger partial charge in [-0.25, -0.2) is 0 Å². The molecule has 0 heterocycles. The molecule has 0 aromatic rings. The third-order valence-electron chi connectivity index (χ3n) is 1.60. The van der Waals surface area contributed by atoms with Crippen LogP contribution in [0.5, 0.6) is 0 Å².